The van der Waals surface area contributed by atoms with Crippen molar-refractivity contribution in [3.63, 3.8) is 0 Å². The summed E-state index contributed by atoms with van der Waals surface area (Å²) in [4.78, 5) is 0. The zero-order chi connectivity index (χ0) is 9.97. The highest BCUT2D eigenvalue weighted by Gasteiger charge is 2.01. The van der Waals surface area contributed by atoms with Gasteiger partial charge in [-0.05, 0) is 29.9 Å². The lowest BCUT2D eigenvalue weighted by Gasteiger charge is -2.01. The lowest BCUT2D eigenvalue weighted by Crippen LogP contribution is -1.84. The van der Waals surface area contributed by atoms with Gasteiger partial charge in [-0.3, -0.25) is 0 Å². The summed E-state index contributed by atoms with van der Waals surface area (Å²) in [6.45, 7) is 0. The van der Waals surface area contributed by atoms with Crippen LogP contribution in [0.5, 0.6) is 0 Å². The molecule has 0 atom stereocenters. The highest BCUT2D eigenvalue weighted by Crippen LogP contribution is 2.19. The van der Waals surface area contributed by atoms with Gasteiger partial charge >= 0.3 is 0 Å². The molecule has 1 heterocycles. The molecule has 0 radical (unpaired) electrons. The third-order valence-corrected chi connectivity index (χ3v) is 2.23. The molecule has 0 amide bonds. The van der Waals surface area contributed by atoms with Gasteiger partial charge in [0.25, 0.3) is 0 Å². The van der Waals surface area contributed by atoms with E-state index in [1.165, 1.54) is 0 Å². The predicted molar refractivity (Wildman–Crippen MR) is 59.6 cm³/mol. The Morgan fingerprint density at radius 2 is 2.14 bits per heavy atom. The predicted octanol–water partition coefficient (Wildman–Crippen LogP) is 3.34. The minimum atomic E-state index is 0.481. The number of rotatable bonds is 1. The molecule has 0 spiro atoms. The van der Waals surface area contributed by atoms with Crippen LogP contribution in [0.4, 0.5) is 0 Å². The van der Waals surface area contributed by atoms with Crippen molar-refractivity contribution < 1.29 is 4.42 Å². The van der Waals surface area contributed by atoms with E-state index in [4.69, 9.17) is 23.1 Å². The van der Waals surface area contributed by atoms with Crippen LogP contribution >= 0.6 is 12.2 Å². The third kappa shape index (κ3) is 1.55. The van der Waals surface area contributed by atoms with Crippen molar-refractivity contribution >= 4 is 23.2 Å². The first-order valence-corrected chi connectivity index (χ1v) is 4.67. The van der Waals surface area contributed by atoms with Crippen molar-refractivity contribution in [2.75, 3.05) is 0 Å². The van der Waals surface area contributed by atoms with Crippen LogP contribution in [0, 0.1) is 17.1 Å². The Labute approximate surface area is 87.4 Å². The monoisotopic (exact) mass is 200 g/mol. The van der Waals surface area contributed by atoms with E-state index in [0.717, 1.165) is 16.5 Å². The van der Waals surface area contributed by atoms with Gasteiger partial charge in [-0.15, -0.1) is 12.3 Å². The van der Waals surface area contributed by atoms with E-state index in [1.54, 1.807) is 0 Å². The summed E-state index contributed by atoms with van der Waals surface area (Å²) < 4.78 is 5.88. The molecule has 68 valence electrons. The molecule has 1 aromatic carbocycles. The summed E-state index contributed by atoms with van der Waals surface area (Å²) in [5.41, 5.74) is 1.85. The zero-order valence-corrected chi connectivity index (χ0v) is 8.30. The molecule has 1 nitrogen and oxygen atoms in total. The Morgan fingerprint density at radius 1 is 1.36 bits per heavy atom. The van der Waals surface area contributed by atoms with E-state index in [2.05, 4.69) is 5.92 Å². The summed E-state index contributed by atoms with van der Waals surface area (Å²) >= 11 is 5.01. The second-order valence-electron chi connectivity index (χ2n) is 2.97. The van der Waals surface area contributed by atoms with E-state index in [1.807, 2.05) is 30.3 Å². The van der Waals surface area contributed by atoms with Gasteiger partial charge in [0.05, 0.1) is 0 Å². The maximum absolute atomic E-state index is 5.39. The average Bonchev–Trinajstić information content (AvgIpc) is 2.18. The maximum atomic E-state index is 5.39. The van der Waals surface area contributed by atoms with Crippen LogP contribution in [0.2, 0.25) is 0 Å². The van der Waals surface area contributed by atoms with Gasteiger partial charge in [0, 0.05) is 11.8 Å². The highest BCUT2D eigenvalue weighted by atomic mass is 32.1. The number of fused-ring (bicyclic) bond motifs is 1. The summed E-state index contributed by atoms with van der Waals surface area (Å²) in [6, 6.07) is 9.57. The molecule has 0 aliphatic heterocycles. The summed E-state index contributed by atoms with van der Waals surface area (Å²) in [5, 5.41) is 1.04. The van der Waals surface area contributed by atoms with Gasteiger partial charge in [0.1, 0.15) is 5.58 Å². The first-order valence-electron chi connectivity index (χ1n) is 4.26. The topological polar surface area (TPSA) is 13.1 Å². The Morgan fingerprint density at radius 3 is 2.93 bits per heavy atom. The Kier molecular flexibility index (Phi) is 2.34. The summed E-state index contributed by atoms with van der Waals surface area (Å²) in [7, 11) is 0. The first-order chi connectivity index (χ1) is 6.81. The van der Waals surface area contributed by atoms with Crippen LogP contribution in [0.3, 0.4) is 0 Å². The van der Waals surface area contributed by atoms with Crippen molar-refractivity contribution in [3.05, 3.63) is 40.6 Å². The van der Waals surface area contributed by atoms with Gasteiger partial charge in [0.15, 0.2) is 4.71 Å². The van der Waals surface area contributed by atoms with Crippen LogP contribution < -0.4 is 0 Å². The van der Waals surface area contributed by atoms with Gasteiger partial charge in [-0.2, -0.15) is 0 Å². The second kappa shape index (κ2) is 3.65. The van der Waals surface area contributed by atoms with Crippen LogP contribution in [-0.2, 0) is 6.42 Å². The van der Waals surface area contributed by atoms with Crippen molar-refractivity contribution in [2.45, 2.75) is 6.42 Å². The Hall–Kier alpha value is -1.59. The Bertz CT molecular complexity index is 560. The van der Waals surface area contributed by atoms with E-state index in [9.17, 15) is 0 Å². The SMILES string of the molecule is C#CCc1cc(=S)oc2ccccc12. The molecule has 0 saturated heterocycles. The molecule has 2 aromatic rings. The second-order valence-corrected chi connectivity index (χ2v) is 3.37. The molecular formula is C12H8OS. The molecule has 2 rings (SSSR count). The van der Waals surface area contributed by atoms with Crippen LogP contribution in [0.15, 0.2) is 34.7 Å². The highest BCUT2D eigenvalue weighted by molar-refractivity contribution is 7.71. The van der Waals surface area contributed by atoms with Crippen LogP contribution in [0.1, 0.15) is 5.56 Å². The lowest BCUT2D eigenvalue weighted by atomic mass is 10.1. The van der Waals surface area contributed by atoms with E-state index in [-0.39, 0.29) is 0 Å². The van der Waals surface area contributed by atoms with Gasteiger partial charge in [0.2, 0.25) is 0 Å². The van der Waals surface area contributed by atoms with E-state index in [0.29, 0.717) is 11.1 Å². The first kappa shape index (κ1) is 8.98. The van der Waals surface area contributed by atoms with Crippen molar-refractivity contribution in [3.8, 4) is 12.3 Å². The Balaban J connectivity index is 2.81. The van der Waals surface area contributed by atoms with Crippen molar-refractivity contribution in [1.82, 2.24) is 0 Å². The summed E-state index contributed by atoms with van der Waals surface area (Å²) in [6.07, 6.45) is 5.87. The third-order valence-electron chi connectivity index (χ3n) is 2.03. The normalized spacial score (nSPS) is 9.93. The fourth-order valence-corrected chi connectivity index (χ4v) is 1.67. The fourth-order valence-electron chi connectivity index (χ4n) is 1.43. The van der Waals surface area contributed by atoms with Gasteiger partial charge in [-0.25, -0.2) is 0 Å². The largest absolute Gasteiger partial charge is 0.445 e. The minimum absolute atomic E-state index is 0.481. The molecular weight excluding hydrogens is 192 g/mol. The number of para-hydroxylation sites is 1. The molecule has 14 heavy (non-hydrogen) atoms. The smallest absolute Gasteiger partial charge is 0.191 e. The molecule has 2 heteroatoms. The molecule has 0 fully saturated rings. The molecule has 1 aromatic heterocycles. The van der Waals surface area contributed by atoms with Crippen LogP contribution in [-0.4, -0.2) is 0 Å². The molecule has 0 bridgehead atoms. The number of hydrogen-bond donors (Lipinski definition) is 0. The van der Waals surface area contributed by atoms with Crippen LogP contribution in [0.25, 0.3) is 11.0 Å². The molecule has 0 aliphatic rings. The molecule has 0 aliphatic carbocycles. The van der Waals surface area contributed by atoms with Gasteiger partial charge in [-0.1, -0.05) is 18.2 Å². The quantitative estimate of drug-likeness (QED) is 0.517. The van der Waals surface area contributed by atoms with Crippen molar-refractivity contribution in [2.24, 2.45) is 0 Å². The van der Waals surface area contributed by atoms with Gasteiger partial charge < -0.3 is 4.42 Å². The zero-order valence-electron chi connectivity index (χ0n) is 7.49. The maximum Gasteiger partial charge on any atom is 0.191 e. The summed E-state index contributed by atoms with van der Waals surface area (Å²) in [5.74, 6) is 2.62. The standard InChI is InChI=1S/C12H8OS/c1-2-5-9-8-12(14)13-11-7-4-3-6-10(9)11/h1,3-4,6-8H,5H2. The minimum Gasteiger partial charge on any atom is -0.445 e. The fraction of sp³-hybridized carbons (Fsp3) is 0.0833. The molecule has 0 N–H and O–H groups in total. The number of hydrogen-bond acceptors (Lipinski definition) is 2. The molecule has 0 unspecified atom stereocenters. The van der Waals surface area contributed by atoms with E-state index < -0.39 is 0 Å². The molecule has 0 saturated carbocycles. The van der Waals surface area contributed by atoms with Crippen molar-refractivity contribution in [1.29, 1.82) is 0 Å². The lowest BCUT2D eigenvalue weighted by molar-refractivity contribution is 0.585. The van der Waals surface area contributed by atoms with E-state index >= 15 is 0 Å². The average molecular weight is 200 g/mol. The number of benzene rings is 1. The number of terminal acetylenes is 1.